The molecule has 0 unspecified atom stereocenters. The standard InChI is InChI=1S/C14H17NO4/c1-3-19-13(16)7-5-4-6-10-8-11(15)14(17)12(9-10)18-2/h4-9,17H,3,15H2,1-2H3/b6-4+,7-5+. The van der Waals surface area contributed by atoms with Gasteiger partial charge in [-0.2, -0.15) is 0 Å². The molecule has 1 rings (SSSR count). The highest BCUT2D eigenvalue weighted by Crippen LogP contribution is 2.33. The molecule has 102 valence electrons. The van der Waals surface area contributed by atoms with Gasteiger partial charge in [-0.15, -0.1) is 0 Å². The predicted octanol–water partition coefficient (Wildman–Crippen LogP) is 2.12. The molecule has 0 aliphatic rings. The van der Waals surface area contributed by atoms with Crippen LogP contribution in [0.25, 0.3) is 6.08 Å². The highest BCUT2D eigenvalue weighted by Gasteiger charge is 2.06. The first-order valence-electron chi connectivity index (χ1n) is 5.76. The van der Waals surface area contributed by atoms with Crippen LogP contribution in [0.5, 0.6) is 11.5 Å². The predicted molar refractivity (Wildman–Crippen MR) is 73.9 cm³/mol. The van der Waals surface area contributed by atoms with Crippen LogP contribution in [0.3, 0.4) is 0 Å². The normalized spacial score (nSPS) is 11.1. The Morgan fingerprint density at radius 1 is 1.42 bits per heavy atom. The van der Waals surface area contributed by atoms with Gasteiger partial charge in [0.05, 0.1) is 19.4 Å². The van der Waals surface area contributed by atoms with Crippen LogP contribution in [0, 0.1) is 0 Å². The number of ether oxygens (including phenoxy) is 2. The molecule has 0 aromatic heterocycles. The van der Waals surface area contributed by atoms with Crippen molar-refractivity contribution in [3.8, 4) is 11.5 Å². The van der Waals surface area contributed by atoms with E-state index < -0.39 is 5.97 Å². The first-order valence-corrected chi connectivity index (χ1v) is 5.76. The number of phenols is 1. The van der Waals surface area contributed by atoms with Crippen molar-refractivity contribution < 1.29 is 19.4 Å². The second kappa shape index (κ2) is 7.10. The van der Waals surface area contributed by atoms with E-state index >= 15 is 0 Å². The lowest BCUT2D eigenvalue weighted by Gasteiger charge is -2.06. The van der Waals surface area contributed by atoms with Gasteiger partial charge in [-0.05, 0) is 24.6 Å². The van der Waals surface area contributed by atoms with E-state index in [-0.39, 0.29) is 11.4 Å². The first kappa shape index (κ1) is 14.6. The Bertz CT molecular complexity index is 506. The summed E-state index contributed by atoms with van der Waals surface area (Å²) in [5.41, 5.74) is 6.61. The van der Waals surface area contributed by atoms with Crippen molar-refractivity contribution in [2.75, 3.05) is 19.5 Å². The van der Waals surface area contributed by atoms with Gasteiger partial charge in [0.15, 0.2) is 11.5 Å². The van der Waals surface area contributed by atoms with Crippen LogP contribution in [-0.2, 0) is 9.53 Å². The van der Waals surface area contributed by atoms with Crippen molar-refractivity contribution in [3.05, 3.63) is 35.9 Å². The van der Waals surface area contributed by atoms with Crippen LogP contribution in [0.2, 0.25) is 0 Å². The Hall–Kier alpha value is -2.43. The number of nitrogen functional groups attached to an aromatic ring is 1. The summed E-state index contributed by atoms with van der Waals surface area (Å²) in [4.78, 5) is 11.0. The van der Waals surface area contributed by atoms with Crippen LogP contribution in [0.15, 0.2) is 30.4 Å². The molecule has 0 bridgehead atoms. The van der Waals surface area contributed by atoms with E-state index in [1.54, 1.807) is 37.3 Å². The number of carbonyl (C=O) groups is 1. The van der Waals surface area contributed by atoms with E-state index in [9.17, 15) is 9.90 Å². The lowest BCUT2D eigenvalue weighted by atomic mass is 10.1. The molecule has 0 atom stereocenters. The third-order valence-electron chi connectivity index (χ3n) is 2.27. The van der Waals surface area contributed by atoms with Crippen molar-refractivity contribution in [1.29, 1.82) is 0 Å². The second-order valence-corrected chi connectivity index (χ2v) is 3.63. The number of carbonyl (C=O) groups excluding carboxylic acids is 1. The Morgan fingerprint density at radius 3 is 2.79 bits per heavy atom. The molecule has 0 heterocycles. The Balaban J connectivity index is 2.77. The molecule has 1 aromatic carbocycles. The van der Waals surface area contributed by atoms with Gasteiger partial charge >= 0.3 is 5.97 Å². The molecule has 0 aliphatic carbocycles. The number of benzene rings is 1. The Morgan fingerprint density at radius 2 is 2.16 bits per heavy atom. The number of nitrogens with two attached hydrogens (primary N) is 1. The van der Waals surface area contributed by atoms with Gasteiger partial charge in [0, 0.05) is 6.08 Å². The SMILES string of the molecule is CCOC(=O)/C=C/C=C/c1cc(N)c(O)c(OC)c1. The number of anilines is 1. The second-order valence-electron chi connectivity index (χ2n) is 3.63. The van der Waals surface area contributed by atoms with Crippen molar-refractivity contribution in [2.45, 2.75) is 6.92 Å². The fraction of sp³-hybridized carbons (Fsp3) is 0.214. The number of esters is 1. The molecule has 0 radical (unpaired) electrons. The van der Waals surface area contributed by atoms with Gasteiger partial charge in [-0.1, -0.05) is 18.2 Å². The molecular formula is C14H17NO4. The van der Waals surface area contributed by atoms with Gasteiger partial charge in [-0.3, -0.25) is 0 Å². The van der Waals surface area contributed by atoms with Crippen molar-refractivity contribution in [3.63, 3.8) is 0 Å². The van der Waals surface area contributed by atoms with E-state index in [2.05, 4.69) is 0 Å². The average molecular weight is 263 g/mol. The van der Waals surface area contributed by atoms with Crippen LogP contribution in [-0.4, -0.2) is 24.8 Å². The lowest BCUT2D eigenvalue weighted by molar-refractivity contribution is -0.137. The molecule has 19 heavy (non-hydrogen) atoms. The molecule has 0 fully saturated rings. The molecule has 3 N–H and O–H groups in total. The monoisotopic (exact) mass is 263 g/mol. The third-order valence-corrected chi connectivity index (χ3v) is 2.27. The van der Waals surface area contributed by atoms with Crippen LogP contribution in [0.1, 0.15) is 12.5 Å². The Labute approximate surface area is 111 Å². The Kier molecular flexibility index (Phi) is 5.47. The summed E-state index contributed by atoms with van der Waals surface area (Å²) in [7, 11) is 1.45. The van der Waals surface area contributed by atoms with E-state index in [0.717, 1.165) is 5.56 Å². The summed E-state index contributed by atoms with van der Waals surface area (Å²) in [5, 5.41) is 9.58. The maximum Gasteiger partial charge on any atom is 0.330 e. The number of hydrogen-bond acceptors (Lipinski definition) is 5. The molecule has 1 aromatic rings. The van der Waals surface area contributed by atoms with E-state index in [1.807, 2.05) is 0 Å². The van der Waals surface area contributed by atoms with Crippen molar-refractivity contribution in [2.24, 2.45) is 0 Å². The quantitative estimate of drug-likeness (QED) is 0.279. The van der Waals surface area contributed by atoms with Crippen LogP contribution in [0.4, 0.5) is 5.69 Å². The highest BCUT2D eigenvalue weighted by atomic mass is 16.5. The minimum absolute atomic E-state index is 0.0817. The van der Waals surface area contributed by atoms with E-state index in [0.29, 0.717) is 12.4 Å². The largest absolute Gasteiger partial charge is 0.503 e. The molecule has 0 saturated carbocycles. The number of rotatable bonds is 5. The minimum Gasteiger partial charge on any atom is -0.503 e. The third kappa shape index (κ3) is 4.39. The summed E-state index contributed by atoms with van der Waals surface area (Å²) in [6, 6.07) is 3.24. The summed E-state index contributed by atoms with van der Waals surface area (Å²) in [6.07, 6.45) is 6.28. The molecular weight excluding hydrogens is 246 g/mol. The van der Waals surface area contributed by atoms with Gasteiger partial charge in [0.2, 0.25) is 0 Å². The molecule has 5 nitrogen and oxygen atoms in total. The molecule has 0 saturated heterocycles. The molecule has 5 heteroatoms. The highest BCUT2D eigenvalue weighted by molar-refractivity contribution is 5.82. The van der Waals surface area contributed by atoms with Gasteiger partial charge < -0.3 is 20.3 Å². The fourth-order valence-corrected chi connectivity index (χ4v) is 1.39. The van der Waals surface area contributed by atoms with Gasteiger partial charge in [0.1, 0.15) is 0 Å². The van der Waals surface area contributed by atoms with E-state index in [1.165, 1.54) is 13.2 Å². The fourth-order valence-electron chi connectivity index (χ4n) is 1.39. The van der Waals surface area contributed by atoms with Crippen LogP contribution < -0.4 is 10.5 Å². The zero-order chi connectivity index (χ0) is 14.3. The first-order chi connectivity index (χ1) is 9.08. The lowest BCUT2D eigenvalue weighted by Crippen LogP contribution is -1.98. The zero-order valence-electron chi connectivity index (χ0n) is 10.9. The summed E-state index contributed by atoms with van der Waals surface area (Å²) < 4.78 is 9.72. The summed E-state index contributed by atoms with van der Waals surface area (Å²) in [5.74, 6) is -0.175. The summed E-state index contributed by atoms with van der Waals surface area (Å²) >= 11 is 0. The minimum atomic E-state index is -0.394. The molecule has 0 spiro atoms. The summed E-state index contributed by atoms with van der Waals surface area (Å²) in [6.45, 7) is 2.09. The molecule has 0 aliphatic heterocycles. The number of phenolic OH excluding ortho intramolecular Hbond substituents is 1. The smallest absolute Gasteiger partial charge is 0.330 e. The topological polar surface area (TPSA) is 81.8 Å². The number of aromatic hydroxyl groups is 1. The maximum atomic E-state index is 11.0. The van der Waals surface area contributed by atoms with Crippen molar-refractivity contribution in [1.82, 2.24) is 0 Å². The molecule has 0 amide bonds. The van der Waals surface area contributed by atoms with Gasteiger partial charge in [0.25, 0.3) is 0 Å². The van der Waals surface area contributed by atoms with Crippen molar-refractivity contribution >= 4 is 17.7 Å². The number of allylic oxidation sites excluding steroid dienone is 2. The van der Waals surface area contributed by atoms with Crippen LogP contribution >= 0.6 is 0 Å². The van der Waals surface area contributed by atoms with E-state index in [4.69, 9.17) is 15.2 Å². The maximum absolute atomic E-state index is 11.0. The number of hydrogen-bond donors (Lipinski definition) is 2. The zero-order valence-corrected chi connectivity index (χ0v) is 10.9. The number of methoxy groups -OCH3 is 1. The van der Waals surface area contributed by atoms with Gasteiger partial charge in [-0.25, -0.2) is 4.79 Å². The average Bonchev–Trinajstić information content (AvgIpc) is 2.38.